The zero-order valence-electron chi connectivity index (χ0n) is 16.7. The molecule has 3 rings (SSSR count). The number of hydrogen-bond donors (Lipinski definition) is 4. The van der Waals surface area contributed by atoms with E-state index in [0.717, 1.165) is 6.07 Å². The molecule has 32 heavy (non-hydrogen) atoms. The maximum atomic E-state index is 11.2. The van der Waals surface area contributed by atoms with Gasteiger partial charge in [-0.25, -0.2) is 4.98 Å². The largest absolute Gasteiger partial charge is 0.339 e. The molecule has 0 saturated carbocycles. The van der Waals surface area contributed by atoms with E-state index < -0.39 is 25.1 Å². The number of anilines is 4. The first-order valence-electron chi connectivity index (χ1n) is 8.84. The lowest BCUT2D eigenvalue weighted by atomic mass is 10.1. The first-order valence-corrected chi connectivity index (χ1v) is 11.7. The van der Waals surface area contributed by atoms with E-state index in [0.29, 0.717) is 28.3 Å². The van der Waals surface area contributed by atoms with Crippen LogP contribution in [-0.4, -0.2) is 30.9 Å². The molecule has 0 bridgehead atoms. The summed E-state index contributed by atoms with van der Waals surface area (Å²) >= 11 is 0. The van der Waals surface area contributed by atoms with Crippen LogP contribution in [0, 0.1) is 37.3 Å². The van der Waals surface area contributed by atoms with Gasteiger partial charge in [0.05, 0.1) is 16.1 Å². The Hall–Kier alpha value is -3.68. The molecule has 2 aromatic carbocycles. The van der Waals surface area contributed by atoms with Gasteiger partial charge in [0, 0.05) is 5.69 Å². The van der Waals surface area contributed by atoms with E-state index >= 15 is 0 Å². The summed E-state index contributed by atoms with van der Waals surface area (Å²) in [6.07, 6.45) is 0. The maximum Gasteiger partial charge on any atom is 0.302 e. The lowest BCUT2D eigenvalue weighted by molar-refractivity contribution is 0.481. The van der Waals surface area contributed by atoms with Crippen LogP contribution in [0.3, 0.4) is 0 Å². The highest BCUT2D eigenvalue weighted by Crippen LogP contribution is 2.29. The topological polar surface area (TPSA) is 169 Å². The Morgan fingerprint density at radius 3 is 2.03 bits per heavy atom. The summed E-state index contributed by atoms with van der Waals surface area (Å²) in [6, 6.07) is 14.7. The molecule has 0 radical (unpaired) electrons. The Morgan fingerprint density at radius 1 is 0.875 bits per heavy atom. The minimum atomic E-state index is -4.40. The molecule has 0 fully saturated rings. The van der Waals surface area contributed by atoms with Crippen LogP contribution in [0.1, 0.15) is 16.7 Å². The number of nitrogens with zero attached hydrogens (tertiary/aromatic N) is 2. The zero-order chi connectivity index (χ0) is 23.7. The van der Waals surface area contributed by atoms with Crippen molar-refractivity contribution in [2.45, 2.75) is 23.6 Å². The van der Waals surface area contributed by atoms with Gasteiger partial charge in [0.2, 0.25) is 0 Å². The number of nitriles is 1. The highest BCUT2D eigenvalue weighted by atomic mass is 32.2. The molecule has 0 amide bonds. The summed E-state index contributed by atoms with van der Waals surface area (Å²) in [5.74, 6) is 0.541. The van der Waals surface area contributed by atoms with Gasteiger partial charge >= 0.3 is 10.1 Å². The van der Waals surface area contributed by atoms with Crippen LogP contribution in [0.15, 0.2) is 46.2 Å². The van der Waals surface area contributed by atoms with Crippen LogP contribution >= 0.6 is 0 Å². The number of benzene rings is 1. The second kappa shape index (κ2) is 8.45. The zero-order valence-corrected chi connectivity index (χ0v) is 18.3. The SMILES string of the molecule is Cc1c(Nc2c#cc(S(=O)(=O)O)cc2)nc(Nc2ccc(S(=O)(=O)O)cc2)c(C#N)c1C. The van der Waals surface area contributed by atoms with Crippen molar-refractivity contribution in [1.29, 1.82) is 5.26 Å². The number of nitrogens with one attached hydrogen (secondary N) is 2. The summed E-state index contributed by atoms with van der Waals surface area (Å²) in [7, 11) is -8.74. The van der Waals surface area contributed by atoms with Gasteiger partial charge in [-0.2, -0.15) is 22.1 Å². The van der Waals surface area contributed by atoms with E-state index in [4.69, 9.17) is 9.11 Å². The van der Waals surface area contributed by atoms with Gasteiger partial charge in [-0.15, -0.1) is 0 Å². The van der Waals surface area contributed by atoms with Gasteiger partial charge < -0.3 is 10.6 Å². The molecule has 1 aromatic heterocycles. The highest BCUT2D eigenvalue weighted by Gasteiger charge is 2.16. The van der Waals surface area contributed by atoms with E-state index in [9.17, 15) is 22.1 Å². The standard InChI is InChI=1S/C20H16N4O6S2/c1-12-13(2)19(22-14-3-7-16(8-4-14)31(25,26)27)24-20(18(12)11-21)23-15-5-9-17(10-6-15)32(28,29)30/h3,5-7,9-10H,1-2H3,(H2,22,23,24)(H,25,26,27)(H,28,29,30). The summed E-state index contributed by atoms with van der Waals surface area (Å²) in [5, 5.41) is 15.5. The van der Waals surface area contributed by atoms with Gasteiger partial charge in [0.25, 0.3) is 10.1 Å². The van der Waals surface area contributed by atoms with Crippen molar-refractivity contribution in [1.82, 2.24) is 4.98 Å². The van der Waals surface area contributed by atoms with Crippen LogP contribution in [0.4, 0.5) is 23.0 Å². The number of aromatic nitrogens is 1. The van der Waals surface area contributed by atoms with Crippen molar-refractivity contribution in [3.05, 3.63) is 65.2 Å². The quantitative estimate of drug-likeness (QED) is 0.391. The van der Waals surface area contributed by atoms with Crippen LogP contribution in [-0.2, 0) is 20.2 Å². The molecular formula is C20H16N4O6S2. The van der Waals surface area contributed by atoms with E-state index in [-0.39, 0.29) is 16.3 Å². The Morgan fingerprint density at radius 2 is 1.53 bits per heavy atom. The Bertz CT molecular complexity index is 1430. The molecule has 0 atom stereocenters. The van der Waals surface area contributed by atoms with Crippen molar-refractivity contribution in [3.8, 4) is 6.07 Å². The molecule has 0 aliphatic heterocycles. The summed E-state index contributed by atoms with van der Waals surface area (Å²) in [4.78, 5) is 3.71. The van der Waals surface area contributed by atoms with Crippen LogP contribution in [0.25, 0.3) is 0 Å². The molecule has 4 N–H and O–H groups in total. The predicted molar refractivity (Wildman–Crippen MR) is 115 cm³/mol. The van der Waals surface area contributed by atoms with Crippen molar-refractivity contribution in [2.75, 3.05) is 10.6 Å². The van der Waals surface area contributed by atoms with Crippen molar-refractivity contribution in [2.24, 2.45) is 0 Å². The summed E-state index contributed by atoms with van der Waals surface area (Å²) < 4.78 is 62.8. The molecule has 3 aromatic rings. The van der Waals surface area contributed by atoms with Crippen LogP contribution < -0.4 is 10.6 Å². The van der Waals surface area contributed by atoms with E-state index in [1.807, 2.05) is 0 Å². The smallest absolute Gasteiger partial charge is 0.302 e. The van der Waals surface area contributed by atoms with Gasteiger partial charge in [-0.3, -0.25) is 9.11 Å². The molecule has 0 aliphatic rings. The van der Waals surface area contributed by atoms with E-state index in [1.54, 1.807) is 13.8 Å². The Labute approximate surface area is 185 Å². The molecule has 10 nitrogen and oxygen atoms in total. The average molecular weight is 473 g/mol. The monoisotopic (exact) mass is 472 g/mol. The van der Waals surface area contributed by atoms with Crippen LogP contribution in [0.5, 0.6) is 0 Å². The van der Waals surface area contributed by atoms with Crippen molar-refractivity contribution >= 4 is 43.2 Å². The summed E-state index contributed by atoms with van der Waals surface area (Å²) in [6.45, 7) is 3.47. The fourth-order valence-electron chi connectivity index (χ4n) is 2.71. The lowest BCUT2D eigenvalue weighted by Gasteiger charge is -2.16. The Kier molecular flexibility index (Phi) is 6.07. The van der Waals surface area contributed by atoms with E-state index in [1.165, 1.54) is 30.3 Å². The minimum Gasteiger partial charge on any atom is -0.339 e. The number of pyridine rings is 1. The second-order valence-corrected chi connectivity index (χ2v) is 9.44. The van der Waals surface area contributed by atoms with E-state index in [2.05, 4.69) is 33.8 Å². The normalized spacial score (nSPS) is 11.3. The average Bonchev–Trinajstić information content (AvgIpc) is 2.71. The van der Waals surface area contributed by atoms with Gasteiger partial charge in [-0.1, -0.05) is 0 Å². The van der Waals surface area contributed by atoms with Crippen molar-refractivity contribution < 1.29 is 25.9 Å². The maximum absolute atomic E-state index is 11.2. The van der Waals surface area contributed by atoms with Gasteiger partial charge in [0.1, 0.15) is 16.8 Å². The molecule has 0 unspecified atom stereocenters. The third kappa shape index (κ3) is 4.96. The van der Waals surface area contributed by atoms with Gasteiger partial charge in [0.15, 0.2) is 5.82 Å². The minimum absolute atomic E-state index is 0.191. The van der Waals surface area contributed by atoms with Crippen LogP contribution in [0.2, 0.25) is 0 Å². The van der Waals surface area contributed by atoms with Gasteiger partial charge in [-0.05, 0) is 73.5 Å². The molecule has 164 valence electrons. The molecular weight excluding hydrogens is 456 g/mol. The predicted octanol–water partition coefficient (Wildman–Crippen LogP) is 3.15. The molecule has 0 spiro atoms. The molecule has 0 aliphatic carbocycles. The fourth-order valence-corrected chi connectivity index (χ4v) is 3.61. The fraction of sp³-hybridized carbons (Fsp3) is 0.100. The first-order chi connectivity index (χ1) is 14.9. The summed E-state index contributed by atoms with van der Waals surface area (Å²) in [5.41, 5.74) is 2.29. The first kappa shape index (κ1) is 23.0. The van der Waals surface area contributed by atoms with Crippen molar-refractivity contribution in [3.63, 3.8) is 0 Å². The molecule has 0 saturated heterocycles. The third-order valence-electron chi connectivity index (χ3n) is 4.53. The molecule has 12 heteroatoms. The second-order valence-electron chi connectivity index (χ2n) is 6.63. The lowest BCUT2D eigenvalue weighted by Crippen LogP contribution is -2.06. The third-order valence-corrected chi connectivity index (χ3v) is 6.19. The molecule has 1 heterocycles. The number of hydrogen-bond acceptors (Lipinski definition) is 8. The number of rotatable bonds is 6. The Balaban J connectivity index is 1.96. The highest BCUT2D eigenvalue weighted by molar-refractivity contribution is 7.86.